The number of fused-ring (bicyclic) bond motifs is 1. The molecule has 0 N–H and O–H groups in total. The number of hydrogen-bond donors (Lipinski definition) is 0. The van der Waals surface area contributed by atoms with Crippen LogP contribution in [0.4, 0.5) is 0 Å². The van der Waals surface area contributed by atoms with Gasteiger partial charge in [0.05, 0.1) is 17.1 Å². The number of benzene rings is 1. The first-order valence-electron chi connectivity index (χ1n) is 7.85. The quantitative estimate of drug-likeness (QED) is 0.798. The van der Waals surface area contributed by atoms with Crippen LogP contribution in [0.15, 0.2) is 29.2 Å². The summed E-state index contributed by atoms with van der Waals surface area (Å²) in [6.45, 7) is 6.95. The fourth-order valence-electron chi connectivity index (χ4n) is 3.85. The molecule has 0 bridgehead atoms. The SMILES string of the molecule is Cc1ccc(S(=O)(=O)OC[C@@]2(C)OCC[C@@]3(C)CC[C@H]32)cc1. The predicted molar refractivity (Wildman–Crippen MR) is 84.1 cm³/mol. The minimum atomic E-state index is -3.73. The second kappa shape index (κ2) is 5.32. The molecule has 1 saturated carbocycles. The van der Waals surface area contributed by atoms with Crippen molar-refractivity contribution >= 4 is 10.1 Å². The Morgan fingerprint density at radius 2 is 1.91 bits per heavy atom. The number of rotatable bonds is 4. The summed E-state index contributed by atoms with van der Waals surface area (Å²) >= 11 is 0. The Balaban J connectivity index is 1.72. The zero-order chi connectivity index (χ0) is 16.0. The molecule has 4 nitrogen and oxygen atoms in total. The lowest BCUT2D eigenvalue weighted by Crippen LogP contribution is -2.59. The zero-order valence-electron chi connectivity index (χ0n) is 13.5. The van der Waals surface area contributed by atoms with Crippen LogP contribution in [0.3, 0.4) is 0 Å². The maximum absolute atomic E-state index is 12.3. The van der Waals surface area contributed by atoms with Crippen molar-refractivity contribution in [1.82, 2.24) is 0 Å². The highest BCUT2D eigenvalue weighted by atomic mass is 32.2. The van der Waals surface area contributed by atoms with Crippen molar-refractivity contribution in [2.45, 2.75) is 50.5 Å². The van der Waals surface area contributed by atoms with Gasteiger partial charge in [-0.2, -0.15) is 8.42 Å². The Kier molecular flexibility index (Phi) is 3.86. The summed E-state index contributed by atoms with van der Waals surface area (Å²) < 4.78 is 35.9. The molecule has 0 aromatic heterocycles. The van der Waals surface area contributed by atoms with Crippen LogP contribution in [0.5, 0.6) is 0 Å². The maximum atomic E-state index is 12.3. The number of ether oxygens (including phenoxy) is 1. The molecule has 0 amide bonds. The van der Waals surface area contributed by atoms with Gasteiger partial charge >= 0.3 is 0 Å². The maximum Gasteiger partial charge on any atom is 0.297 e. The van der Waals surface area contributed by atoms with Crippen molar-refractivity contribution < 1.29 is 17.3 Å². The molecule has 0 spiro atoms. The average molecular weight is 324 g/mol. The van der Waals surface area contributed by atoms with Crippen molar-refractivity contribution in [3.05, 3.63) is 29.8 Å². The van der Waals surface area contributed by atoms with Crippen LogP contribution in [0.1, 0.15) is 38.7 Å². The monoisotopic (exact) mass is 324 g/mol. The van der Waals surface area contributed by atoms with Gasteiger partial charge < -0.3 is 4.74 Å². The van der Waals surface area contributed by atoms with Gasteiger partial charge in [-0.3, -0.25) is 4.18 Å². The molecule has 0 unspecified atom stereocenters. The van der Waals surface area contributed by atoms with E-state index in [9.17, 15) is 8.42 Å². The van der Waals surface area contributed by atoms with Crippen LogP contribution < -0.4 is 0 Å². The molecule has 1 aromatic rings. The third-order valence-electron chi connectivity index (χ3n) is 5.50. The van der Waals surface area contributed by atoms with Gasteiger partial charge in [0.15, 0.2) is 0 Å². The lowest BCUT2D eigenvalue weighted by Gasteiger charge is -2.58. The van der Waals surface area contributed by atoms with E-state index in [1.165, 1.54) is 6.42 Å². The lowest BCUT2D eigenvalue weighted by atomic mass is 9.53. The smallest absolute Gasteiger partial charge is 0.297 e. The van der Waals surface area contributed by atoms with Crippen molar-refractivity contribution in [2.75, 3.05) is 13.2 Å². The van der Waals surface area contributed by atoms with Crippen molar-refractivity contribution in [3.63, 3.8) is 0 Å². The van der Waals surface area contributed by atoms with E-state index in [1.807, 2.05) is 13.8 Å². The van der Waals surface area contributed by atoms with Crippen LogP contribution in [0, 0.1) is 18.3 Å². The first-order chi connectivity index (χ1) is 10.3. The first-order valence-corrected chi connectivity index (χ1v) is 9.26. The first kappa shape index (κ1) is 16.0. The fraction of sp³-hybridized carbons (Fsp3) is 0.647. The molecule has 2 aliphatic rings. The summed E-state index contributed by atoms with van der Waals surface area (Å²) in [5.74, 6) is 0.377. The molecule has 0 radical (unpaired) electrons. The van der Waals surface area contributed by atoms with Crippen LogP contribution in [-0.4, -0.2) is 27.2 Å². The Morgan fingerprint density at radius 1 is 1.23 bits per heavy atom. The largest absolute Gasteiger partial charge is 0.372 e. The van der Waals surface area contributed by atoms with Gasteiger partial charge in [-0.05, 0) is 56.6 Å². The summed E-state index contributed by atoms with van der Waals surface area (Å²) in [7, 11) is -3.73. The topological polar surface area (TPSA) is 52.6 Å². The second-order valence-electron chi connectivity index (χ2n) is 7.19. The minimum absolute atomic E-state index is 0.0868. The van der Waals surface area contributed by atoms with Crippen LogP contribution in [-0.2, 0) is 19.0 Å². The second-order valence-corrected chi connectivity index (χ2v) is 8.80. The Bertz CT molecular complexity index is 652. The molecule has 1 aromatic carbocycles. The Morgan fingerprint density at radius 3 is 2.50 bits per heavy atom. The molecule has 3 atom stereocenters. The number of aryl methyl sites for hydroxylation is 1. The van der Waals surface area contributed by atoms with Crippen molar-refractivity contribution in [1.29, 1.82) is 0 Å². The molecule has 122 valence electrons. The van der Waals surface area contributed by atoms with Gasteiger partial charge in [0.2, 0.25) is 0 Å². The van der Waals surface area contributed by atoms with E-state index in [1.54, 1.807) is 24.3 Å². The molecule has 1 aliphatic heterocycles. The molecule has 1 heterocycles. The fourth-order valence-corrected chi connectivity index (χ4v) is 4.85. The molecule has 5 heteroatoms. The predicted octanol–water partition coefficient (Wildman–Crippen LogP) is 3.30. The molecular formula is C17H24O4S. The summed E-state index contributed by atoms with van der Waals surface area (Å²) in [5, 5.41) is 0. The van der Waals surface area contributed by atoms with Crippen LogP contribution >= 0.6 is 0 Å². The lowest BCUT2D eigenvalue weighted by molar-refractivity contribution is -0.214. The van der Waals surface area contributed by atoms with Gasteiger partial charge in [-0.15, -0.1) is 0 Å². The summed E-state index contributed by atoms with van der Waals surface area (Å²) in [4.78, 5) is 0.203. The highest BCUT2D eigenvalue weighted by Gasteiger charge is 2.55. The highest BCUT2D eigenvalue weighted by molar-refractivity contribution is 7.86. The summed E-state index contributed by atoms with van der Waals surface area (Å²) in [6, 6.07) is 6.72. The molecule has 1 saturated heterocycles. The minimum Gasteiger partial charge on any atom is -0.372 e. The van der Waals surface area contributed by atoms with E-state index >= 15 is 0 Å². The molecular weight excluding hydrogens is 300 g/mol. The van der Waals surface area contributed by atoms with Crippen molar-refractivity contribution in [2.24, 2.45) is 11.3 Å². The van der Waals surface area contributed by atoms with Crippen LogP contribution in [0.25, 0.3) is 0 Å². The zero-order valence-corrected chi connectivity index (χ0v) is 14.3. The van der Waals surface area contributed by atoms with Crippen LogP contribution in [0.2, 0.25) is 0 Å². The van der Waals surface area contributed by atoms with E-state index in [0.717, 1.165) is 18.4 Å². The van der Waals surface area contributed by atoms with Gasteiger partial charge in [0.1, 0.15) is 0 Å². The van der Waals surface area contributed by atoms with E-state index in [2.05, 4.69) is 6.92 Å². The highest BCUT2D eigenvalue weighted by Crippen LogP contribution is 2.57. The molecule has 1 aliphatic carbocycles. The van der Waals surface area contributed by atoms with Gasteiger partial charge in [0, 0.05) is 6.61 Å². The van der Waals surface area contributed by atoms with E-state index in [-0.39, 0.29) is 16.9 Å². The Labute approximate surface area is 132 Å². The molecule has 22 heavy (non-hydrogen) atoms. The normalized spacial score (nSPS) is 34.8. The van der Waals surface area contributed by atoms with Crippen molar-refractivity contribution in [3.8, 4) is 0 Å². The van der Waals surface area contributed by atoms with Gasteiger partial charge in [-0.1, -0.05) is 24.6 Å². The molecule has 3 rings (SSSR count). The van der Waals surface area contributed by atoms with E-state index in [4.69, 9.17) is 8.92 Å². The third kappa shape index (κ3) is 2.70. The summed E-state index contributed by atoms with van der Waals surface area (Å²) in [6.07, 6.45) is 3.33. The summed E-state index contributed by atoms with van der Waals surface area (Å²) in [5.41, 5.74) is 0.791. The average Bonchev–Trinajstić information content (AvgIpc) is 2.43. The Hall–Kier alpha value is -0.910. The number of hydrogen-bond acceptors (Lipinski definition) is 4. The molecule has 2 fully saturated rings. The van der Waals surface area contributed by atoms with E-state index < -0.39 is 15.7 Å². The van der Waals surface area contributed by atoms with E-state index in [0.29, 0.717) is 12.5 Å². The third-order valence-corrected chi connectivity index (χ3v) is 6.78. The standard InChI is InChI=1S/C17H24O4S/c1-13-4-6-14(7-5-13)22(18,19)21-12-17(3)15-8-9-16(15,2)10-11-20-17/h4-7,15H,8-12H2,1-3H3/t15-,16-,17-/m1/s1. The van der Waals surface area contributed by atoms with Gasteiger partial charge in [-0.25, -0.2) is 0 Å². The van der Waals surface area contributed by atoms with Gasteiger partial charge in [0.25, 0.3) is 10.1 Å².